The van der Waals surface area contributed by atoms with Crippen molar-refractivity contribution in [3.8, 4) is 11.3 Å². The number of aryl methyl sites for hydroxylation is 1. The maximum Gasteiger partial charge on any atom is 0.329 e. The minimum Gasteiger partial charge on any atom is -0.279 e. The maximum atomic E-state index is 11.8. The molecule has 0 aliphatic rings. The third kappa shape index (κ3) is 2.32. The summed E-state index contributed by atoms with van der Waals surface area (Å²) in [6, 6.07) is 4.99. The molecule has 6 nitrogen and oxygen atoms in total. The molecule has 2 aromatic heterocycles. The summed E-state index contributed by atoms with van der Waals surface area (Å²) in [6.07, 6.45) is 1.47. The average Bonchev–Trinajstić information content (AvgIpc) is 2.47. The molecule has 0 bridgehead atoms. The van der Waals surface area contributed by atoms with Crippen LogP contribution >= 0.6 is 23.2 Å². The van der Waals surface area contributed by atoms with Gasteiger partial charge in [0.05, 0.1) is 21.9 Å². The molecule has 0 radical (unpaired) electrons. The van der Waals surface area contributed by atoms with Crippen LogP contribution in [0.2, 0.25) is 10.0 Å². The highest BCUT2D eigenvalue weighted by Gasteiger charge is 2.10. The molecule has 3 rings (SSSR count). The van der Waals surface area contributed by atoms with Crippen LogP contribution in [0.15, 0.2) is 34.0 Å². The smallest absolute Gasteiger partial charge is 0.279 e. The zero-order valence-corrected chi connectivity index (χ0v) is 12.2. The molecular formula is C13H8Cl2N4O2. The molecule has 0 aliphatic heterocycles. The lowest BCUT2D eigenvalue weighted by Crippen LogP contribution is -2.29. The van der Waals surface area contributed by atoms with Crippen LogP contribution < -0.4 is 11.2 Å². The average molecular weight is 323 g/mol. The van der Waals surface area contributed by atoms with Gasteiger partial charge in [0, 0.05) is 12.6 Å². The van der Waals surface area contributed by atoms with Crippen LogP contribution in [0.4, 0.5) is 0 Å². The van der Waals surface area contributed by atoms with E-state index in [2.05, 4.69) is 15.0 Å². The van der Waals surface area contributed by atoms with Crippen molar-refractivity contribution in [3.63, 3.8) is 0 Å². The third-order valence-corrected chi connectivity index (χ3v) is 3.77. The minimum absolute atomic E-state index is 0.0840. The van der Waals surface area contributed by atoms with E-state index in [0.717, 1.165) is 0 Å². The summed E-state index contributed by atoms with van der Waals surface area (Å²) in [5, 5.41) is 0.805. The van der Waals surface area contributed by atoms with Gasteiger partial charge in [0.1, 0.15) is 0 Å². The van der Waals surface area contributed by atoms with E-state index in [1.807, 2.05) is 0 Å². The van der Waals surface area contributed by atoms with Crippen LogP contribution in [0.25, 0.3) is 22.4 Å². The zero-order valence-electron chi connectivity index (χ0n) is 10.7. The van der Waals surface area contributed by atoms with Crippen LogP contribution in [0.1, 0.15) is 0 Å². The number of aromatic nitrogens is 4. The van der Waals surface area contributed by atoms with E-state index in [1.165, 1.54) is 17.8 Å². The molecule has 1 aromatic carbocycles. The van der Waals surface area contributed by atoms with Crippen molar-refractivity contribution in [1.82, 2.24) is 19.5 Å². The summed E-state index contributed by atoms with van der Waals surface area (Å²) < 4.78 is 1.22. The van der Waals surface area contributed by atoms with Gasteiger partial charge in [-0.15, -0.1) is 0 Å². The van der Waals surface area contributed by atoms with Crippen LogP contribution in [0.5, 0.6) is 0 Å². The Morgan fingerprint density at radius 1 is 1.19 bits per heavy atom. The van der Waals surface area contributed by atoms with Crippen LogP contribution in [0.3, 0.4) is 0 Å². The van der Waals surface area contributed by atoms with Crippen LogP contribution in [0, 0.1) is 0 Å². The van der Waals surface area contributed by atoms with Crippen molar-refractivity contribution in [1.29, 1.82) is 0 Å². The van der Waals surface area contributed by atoms with Gasteiger partial charge in [0.2, 0.25) is 0 Å². The number of halogens is 2. The second kappa shape index (κ2) is 4.98. The van der Waals surface area contributed by atoms with Crippen LogP contribution in [-0.2, 0) is 7.05 Å². The van der Waals surface area contributed by atoms with Crippen molar-refractivity contribution in [2.75, 3.05) is 0 Å². The van der Waals surface area contributed by atoms with Gasteiger partial charge in [0.15, 0.2) is 11.2 Å². The van der Waals surface area contributed by atoms with Crippen molar-refractivity contribution < 1.29 is 0 Å². The fourth-order valence-corrected chi connectivity index (χ4v) is 2.21. The van der Waals surface area contributed by atoms with Crippen LogP contribution in [-0.4, -0.2) is 19.5 Å². The van der Waals surface area contributed by atoms with Crippen molar-refractivity contribution in [3.05, 3.63) is 55.3 Å². The minimum atomic E-state index is -0.581. The molecule has 2 heterocycles. The molecule has 0 atom stereocenters. The fourth-order valence-electron chi connectivity index (χ4n) is 1.91. The SMILES string of the molecule is Cn1c(=O)[nH]c(=O)c2nc(-c3ccc(Cl)c(Cl)c3)cnc21. The lowest BCUT2D eigenvalue weighted by molar-refractivity contribution is 0.824. The fraction of sp³-hybridized carbons (Fsp3) is 0.0769. The van der Waals surface area contributed by atoms with Gasteiger partial charge in [-0.05, 0) is 12.1 Å². The number of nitrogens with one attached hydrogen (secondary N) is 1. The quantitative estimate of drug-likeness (QED) is 0.743. The molecule has 1 N–H and O–H groups in total. The molecule has 0 saturated carbocycles. The van der Waals surface area contributed by atoms with E-state index in [1.54, 1.807) is 18.2 Å². The third-order valence-electron chi connectivity index (χ3n) is 3.03. The summed E-state index contributed by atoms with van der Waals surface area (Å²) in [5.41, 5.74) is 0.317. The lowest BCUT2D eigenvalue weighted by Gasteiger charge is -2.05. The first-order chi connectivity index (χ1) is 9.97. The van der Waals surface area contributed by atoms with Gasteiger partial charge < -0.3 is 0 Å². The van der Waals surface area contributed by atoms with E-state index in [0.29, 0.717) is 21.3 Å². The predicted molar refractivity (Wildman–Crippen MR) is 80.9 cm³/mol. The molecule has 106 valence electrons. The molecule has 3 aromatic rings. The molecule has 0 spiro atoms. The number of H-pyrrole nitrogens is 1. The molecule has 8 heteroatoms. The molecule has 0 saturated heterocycles. The van der Waals surface area contributed by atoms with E-state index < -0.39 is 11.2 Å². The van der Waals surface area contributed by atoms with E-state index >= 15 is 0 Å². The predicted octanol–water partition coefficient (Wildman–Crippen LogP) is 1.99. The largest absolute Gasteiger partial charge is 0.329 e. The Morgan fingerprint density at radius 3 is 2.67 bits per heavy atom. The van der Waals surface area contributed by atoms with E-state index in [-0.39, 0.29) is 11.2 Å². The Balaban J connectivity index is 2.29. The number of nitrogens with zero attached hydrogens (tertiary/aromatic N) is 3. The normalized spacial score (nSPS) is 11.0. The molecule has 0 unspecified atom stereocenters. The first-order valence-electron chi connectivity index (χ1n) is 5.89. The highest BCUT2D eigenvalue weighted by Crippen LogP contribution is 2.27. The number of fused-ring (bicyclic) bond motifs is 1. The molecule has 21 heavy (non-hydrogen) atoms. The van der Waals surface area contributed by atoms with Gasteiger partial charge in [0.25, 0.3) is 5.56 Å². The first kappa shape index (κ1) is 13.8. The zero-order chi connectivity index (χ0) is 15.1. The Labute approximate surface area is 128 Å². The standard InChI is InChI=1S/C13H8Cl2N4O2/c1-19-11-10(12(20)18-13(19)21)17-9(5-16-11)6-2-3-7(14)8(15)4-6/h2-5H,1H3,(H,18,20,21). The number of hydrogen-bond donors (Lipinski definition) is 1. The number of aromatic amines is 1. The number of hydrogen-bond acceptors (Lipinski definition) is 4. The molecular weight excluding hydrogens is 315 g/mol. The Bertz CT molecular complexity index is 978. The van der Waals surface area contributed by atoms with Gasteiger partial charge in [-0.2, -0.15) is 0 Å². The van der Waals surface area contributed by atoms with Gasteiger partial charge in [-0.1, -0.05) is 29.3 Å². The van der Waals surface area contributed by atoms with E-state index in [9.17, 15) is 9.59 Å². The lowest BCUT2D eigenvalue weighted by atomic mass is 10.1. The Morgan fingerprint density at radius 2 is 1.95 bits per heavy atom. The first-order valence-corrected chi connectivity index (χ1v) is 6.64. The molecule has 0 fully saturated rings. The highest BCUT2D eigenvalue weighted by molar-refractivity contribution is 6.42. The Hall–Kier alpha value is -2.18. The Kier molecular flexibility index (Phi) is 3.27. The number of rotatable bonds is 1. The number of benzene rings is 1. The van der Waals surface area contributed by atoms with E-state index in [4.69, 9.17) is 23.2 Å². The molecule has 0 aliphatic carbocycles. The summed E-state index contributed by atoms with van der Waals surface area (Å²) in [6.45, 7) is 0. The second-order valence-corrected chi connectivity index (χ2v) is 5.19. The summed E-state index contributed by atoms with van der Waals surface area (Å²) in [7, 11) is 1.51. The van der Waals surface area contributed by atoms with Crippen molar-refractivity contribution in [2.45, 2.75) is 0 Å². The highest BCUT2D eigenvalue weighted by atomic mass is 35.5. The second-order valence-electron chi connectivity index (χ2n) is 4.37. The monoisotopic (exact) mass is 322 g/mol. The topological polar surface area (TPSA) is 80.6 Å². The molecule has 0 amide bonds. The van der Waals surface area contributed by atoms with Gasteiger partial charge in [-0.3, -0.25) is 14.3 Å². The summed E-state index contributed by atoms with van der Waals surface area (Å²) >= 11 is 11.8. The maximum absolute atomic E-state index is 11.8. The van der Waals surface area contributed by atoms with Gasteiger partial charge >= 0.3 is 5.69 Å². The summed E-state index contributed by atoms with van der Waals surface area (Å²) in [4.78, 5) is 33.9. The van der Waals surface area contributed by atoms with Gasteiger partial charge in [-0.25, -0.2) is 14.8 Å². The summed E-state index contributed by atoms with van der Waals surface area (Å²) in [5.74, 6) is 0. The van der Waals surface area contributed by atoms with Crippen molar-refractivity contribution >= 4 is 34.4 Å². The van der Waals surface area contributed by atoms with Crippen molar-refractivity contribution in [2.24, 2.45) is 7.05 Å².